The van der Waals surface area contributed by atoms with Crippen LogP contribution in [-0.4, -0.2) is 28.4 Å². The molecule has 7 heteroatoms. The van der Waals surface area contributed by atoms with Crippen molar-refractivity contribution in [3.05, 3.63) is 40.5 Å². The maximum Gasteiger partial charge on any atom is 0.405 e. The largest absolute Gasteiger partial charge is 0.443 e. The van der Waals surface area contributed by atoms with Gasteiger partial charge in [0, 0.05) is 17.6 Å². The molecule has 1 aromatic heterocycles. The van der Waals surface area contributed by atoms with Gasteiger partial charge in [-0.3, -0.25) is 0 Å². The summed E-state index contributed by atoms with van der Waals surface area (Å²) in [6, 6.07) is 6.06. The van der Waals surface area contributed by atoms with E-state index in [4.69, 9.17) is 10.5 Å². The van der Waals surface area contributed by atoms with Gasteiger partial charge in [0.2, 0.25) is 0 Å². The molecule has 0 fully saturated rings. The predicted octanol–water partition coefficient (Wildman–Crippen LogP) is 3.29. The first-order chi connectivity index (χ1) is 10.8. The highest BCUT2D eigenvalue weighted by atomic mass is 32.1. The minimum atomic E-state index is -0.896. The highest BCUT2D eigenvalue weighted by Crippen LogP contribution is 2.37. The number of carbonyl (C=O) groups is 1. The molecule has 23 heavy (non-hydrogen) atoms. The number of hydrogen-bond donors (Lipinski definition) is 2. The van der Waals surface area contributed by atoms with Crippen LogP contribution in [0.25, 0.3) is 11.3 Å². The Balaban J connectivity index is 2.30. The Hall–Kier alpha value is -1.99. The molecular weight excluding hydrogens is 319 g/mol. The summed E-state index contributed by atoms with van der Waals surface area (Å²) < 4.78 is 18.2. The van der Waals surface area contributed by atoms with E-state index in [1.54, 1.807) is 26.0 Å². The van der Waals surface area contributed by atoms with Gasteiger partial charge in [-0.1, -0.05) is 0 Å². The number of carbonyl (C=O) groups excluding carboxylic acids is 1. The first-order valence-corrected chi connectivity index (χ1v) is 8.02. The lowest BCUT2D eigenvalue weighted by Gasteiger charge is -2.31. The lowest BCUT2D eigenvalue weighted by Crippen LogP contribution is -2.37. The molecule has 5 nitrogen and oxygen atoms in total. The number of benzene rings is 1. The van der Waals surface area contributed by atoms with Gasteiger partial charge >= 0.3 is 6.09 Å². The summed E-state index contributed by atoms with van der Waals surface area (Å²) in [4.78, 5) is 15.7. The zero-order valence-electron chi connectivity index (χ0n) is 13.0. The zero-order valence-corrected chi connectivity index (χ0v) is 13.8. The normalized spacial score (nSPS) is 12.9. The van der Waals surface area contributed by atoms with E-state index in [1.807, 2.05) is 5.38 Å². The summed E-state index contributed by atoms with van der Waals surface area (Å²) in [6.45, 7) is 3.40. The summed E-state index contributed by atoms with van der Waals surface area (Å²) in [7, 11) is 0. The van der Waals surface area contributed by atoms with Crippen molar-refractivity contribution in [2.75, 3.05) is 6.61 Å². The molecule has 1 aromatic carbocycles. The number of aromatic nitrogens is 1. The van der Waals surface area contributed by atoms with Gasteiger partial charge in [0.05, 0.1) is 11.6 Å². The number of ether oxygens (including phenoxy) is 1. The molecule has 1 unspecified atom stereocenters. The minimum Gasteiger partial charge on any atom is -0.443 e. The van der Waals surface area contributed by atoms with Crippen LogP contribution in [0.1, 0.15) is 31.2 Å². The van der Waals surface area contributed by atoms with Gasteiger partial charge < -0.3 is 15.6 Å². The van der Waals surface area contributed by atoms with E-state index >= 15 is 0 Å². The number of hydrogen-bond acceptors (Lipinski definition) is 5. The number of aliphatic hydroxyl groups is 1. The van der Waals surface area contributed by atoms with Crippen molar-refractivity contribution < 1.29 is 19.0 Å². The van der Waals surface area contributed by atoms with Crippen LogP contribution < -0.4 is 5.73 Å². The first-order valence-electron chi connectivity index (χ1n) is 7.14. The minimum absolute atomic E-state index is 0.0678. The molecule has 1 amide bonds. The van der Waals surface area contributed by atoms with E-state index < -0.39 is 11.7 Å². The standard InChI is InChI=1S/C16H19FN2O3S/c1-16(2,22-15(18)21)12(7-8-20)14-19-13(9-23-14)10-3-5-11(17)6-4-10/h3-6,9,12,20H,7-8H2,1-2H3,(H2,18,21). The Morgan fingerprint density at radius 1 is 1.43 bits per heavy atom. The molecule has 2 rings (SSSR count). The summed E-state index contributed by atoms with van der Waals surface area (Å²) >= 11 is 1.40. The Labute approximate surface area is 137 Å². The third-order valence-electron chi connectivity index (χ3n) is 3.58. The van der Waals surface area contributed by atoms with Crippen molar-refractivity contribution >= 4 is 17.4 Å². The summed E-state index contributed by atoms with van der Waals surface area (Å²) in [5, 5.41) is 11.9. The number of halogens is 1. The lowest BCUT2D eigenvalue weighted by atomic mass is 9.88. The van der Waals surface area contributed by atoms with Gasteiger partial charge in [-0.2, -0.15) is 0 Å². The quantitative estimate of drug-likeness (QED) is 0.846. The fraction of sp³-hybridized carbons (Fsp3) is 0.375. The molecule has 0 aliphatic rings. The van der Waals surface area contributed by atoms with Crippen LogP contribution in [0, 0.1) is 5.82 Å². The predicted molar refractivity (Wildman–Crippen MR) is 86.7 cm³/mol. The van der Waals surface area contributed by atoms with Gasteiger partial charge in [-0.05, 0) is 44.5 Å². The fourth-order valence-electron chi connectivity index (χ4n) is 2.43. The Morgan fingerprint density at radius 3 is 2.65 bits per heavy atom. The lowest BCUT2D eigenvalue weighted by molar-refractivity contribution is 0.0171. The molecular formula is C16H19FN2O3S. The second-order valence-corrected chi connectivity index (χ2v) is 6.56. The number of nitrogens with two attached hydrogens (primary N) is 1. The van der Waals surface area contributed by atoms with Crippen LogP contribution in [0.2, 0.25) is 0 Å². The number of nitrogens with zero attached hydrogens (tertiary/aromatic N) is 1. The van der Waals surface area contributed by atoms with Gasteiger partial charge in [0.15, 0.2) is 0 Å². The number of thiazole rings is 1. The van der Waals surface area contributed by atoms with E-state index in [0.717, 1.165) is 10.6 Å². The molecule has 2 aromatic rings. The van der Waals surface area contributed by atoms with Crippen molar-refractivity contribution in [3.63, 3.8) is 0 Å². The first kappa shape index (κ1) is 17.4. The van der Waals surface area contributed by atoms with Gasteiger partial charge in [0.1, 0.15) is 16.4 Å². The third-order valence-corrected chi connectivity index (χ3v) is 4.54. The smallest absolute Gasteiger partial charge is 0.405 e. The zero-order chi connectivity index (χ0) is 17.0. The monoisotopic (exact) mass is 338 g/mol. The van der Waals surface area contributed by atoms with Crippen molar-refractivity contribution in [2.24, 2.45) is 5.73 Å². The number of rotatable bonds is 6. The van der Waals surface area contributed by atoms with E-state index in [2.05, 4.69) is 4.98 Å². The van der Waals surface area contributed by atoms with Crippen LogP contribution >= 0.6 is 11.3 Å². The van der Waals surface area contributed by atoms with Crippen molar-refractivity contribution in [2.45, 2.75) is 31.8 Å². The van der Waals surface area contributed by atoms with Crippen molar-refractivity contribution in [1.29, 1.82) is 0 Å². The molecule has 0 spiro atoms. The molecule has 3 N–H and O–H groups in total. The SMILES string of the molecule is CC(C)(OC(N)=O)C(CCO)c1nc(-c2ccc(F)cc2)cs1. The number of primary amides is 1. The summed E-state index contributed by atoms with van der Waals surface area (Å²) in [5.41, 5.74) is 5.74. The molecule has 0 aliphatic carbocycles. The number of amides is 1. The molecule has 0 saturated carbocycles. The topological polar surface area (TPSA) is 85.4 Å². The van der Waals surface area contributed by atoms with Crippen LogP contribution in [0.15, 0.2) is 29.6 Å². The summed E-state index contributed by atoms with van der Waals surface area (Å²) in [6.07, 6.45) is -0.482. The van der Waals surface area contributed by atoms with Gasteiger partial charge in [0.25, 0.3) is 0 Å². The Bertz CT molecular complexity index is 670. The summed E-state index contributed by atoms with van der Waals surface area (Å²) in [5.74, 6) is -0.599. The highest BCUT2D eigenvalue weighted by Gasteiger charge is 2.35. The van der Waals surface area contributed by atoms with E-state index in [0.29, 0.717) is 12.1 Å². The van der Waals surface area contributed by atoms with E-state index in [-0.39, 0.29) is 18.3 Å². The molecule has 0 bridgehead atoms. The molecule has 1 atom stereocenters. The highest BCUT2D eigenvalue weighted by molar-refractivity contribution is 7.10. The van der Waals surface area contributed by atoms with Gasteiger partial charge in [-0.25, -0.2) is 14.2 Å². The maximum atomic E-state index is 13.0. The second-order valence-electron chi connectivity index (χ2n) is 5.67. The van der Waals surface area contributed by atoms with E-state index in [9.17, 15) is 14.3 Å². The van der Waals surface area contributed by atoms with Crippen molar-refractivity contribution in [3.8, 4) is 11.3 Å². The second kappa shape index (κ2) is 7.06. The average Bonchev–Trinajstić information content (AvgIpc) is 2.93. The fourth-order valence-corrected chi connectivity index (χ4v) is 3.57. The van der Waals surface area contributed by atoms with Crippen LogP contribution in [0.5, 0.6) is 0 Å². The van der Waals surface area contributed by atoms with Crippen molar-refractivity contribution in [1.82, 2.24) is 4.98 Å². The van der Waals surface area contributed by atoms with Crippen LogP contribution in [0.3, 0.4) is 0 Å². The number of aliphatic hydroxyl groups excluding tert-OH is 1. The Morgan fingerprint density at radius 2 is 2.09 bits per heavy atom. The molecule has 124 valence electrons. The van der Waals surface area contributed by atoms with E-state index in [1.165, 1.54) is 23.5 Å². The Kier molecular flexibility index (Phi) is 5.33. The average molecular weight is 338 g/mol. The maximum absolute atomic E-state index is 13.0. The van der Waals surface area contributed by atoms with Crippen LogP contribution in [0.4, 0.5) is 9.18 Å². The van der Waals surface area contributed by atoms with Crippen LogP contribution in [-0.2, 0) is 4.74 Å². The molecule has 0 saturated heterocycles. The third kappa shape index (κ3) is 4.27. The molecule has 0 radical (unpaired) electrons. The molecule has 1 heterocycles. The van der Waals surface area contributed by atoms with Gasteiger partial charge in [-0.15, -0.1) is 11.3 Å². The molecule has 0 aliphatic heterocycles.